The SMILES string of the molecule is O=C(Cn1cccc1)N1CCSC(c2cc(F)ccc2F)CC1. The molecule has 1 aliphatic heterocycles. The maximum atomic E-state index is 13.9. The van der Waals surface area contributed by atoms with Gasteiger partial charge in [-0.15, -0.1) is 0 Å². The lowest BCUT2D eigenvalue weighted by atomic mass is 10.1. The molecule has 6 heteroatoms. The molecule has 1 atom stereocenters. The summed E-state index contributed by atoms with van der Waals surface area (Å²) in [5.41, 5.74) is 0.398. The number of hydrogen-bond donors (Lipinski definition) is 0. The van der Waals surface area contributed by atoms with Crippen LogP contribution in [0.2, 0.25) is 0 Å². The normalized spacial score (nSPS) is 18.7. The van der Waals surface area contributed by atoms with Gasteiger partial charge < -0.3 is 9.47 Å². The lowest BCUT2D eigenvalue weighted by molar-refractivity contribution is -0.131. The van der Waals surface area contributed by atoms with E-state index < -0.39 is 5.82 Å². The number of benzene rings is 1. The predicted octanol–water partition coefficient (Wildman–Crippen LogP) is 3.47. The smallest absolute Gasteiger partial charge is 0.242 e. The van der Waals surface area contributed by atoms with E-state index in [1.165, 1.54) is 12.1 Å². The first-order chi connectivity index (χ1) is 11.1. The summed E-state index contributed by atoms with van der Waals surface area (Å²) in [7, 11) is 0. The summed E-state index contributed by atoms with van der Waals surface area (Å²) in [4.78, 5) is 14.2. The number of halogens is 2. The molecule has 2 aromatic rings. The highest BCUT2D eigenvalue weighted by Gasteiger charge is 2.24. The second-order valence-electron chi connectivity index (χ2n) is 5.55. The first-order valence-electron chi connectivity index (χ1n) is 7.58. The number of rotatable bonds is 3. The lowest BCUT2D eigenvalue weighted by Crippen LogP contribution is -2.35. The van der Waals surface area contributed by atoms with Crippen LogP contribution in [0.5, 0.6) is 0 Å². The van der Waals surface area contributed by atoms with Gasteiger partial charge >= 0.3 is 0 Å². The van der Waals surface area contributed by atoms with Gasteiger partial charge in [0.15, 0.2) is 0 Å². The molecule has 0 N–H and O–H groups in total. The van der Waals surface area contributed by atoms with Crippen molar-refractivity contribution in [3.05, 3.63) is 59.9 Å². The van der Waals surface area contributed by atoms with Crippen molar-refractivity contribution in [1.29, 1.82) is 0 Å². The zero-order valence-electron chi connectivity index (χ0n) is 12.6. The van der Waals surface area contributed by atoms with E-state index in [2.05, 4.69) is 0 Å². The molecule has 0 radical (unpaired) electrons. The molecule has 0 bridgehead atoms. The number of thioether (sulfide) groups is 1. The van der Waals surface area contributed by atoms with Crippen molar-refractivity contribution in [1.82, 2.24) is 9.47 Å². The number of amides is 1. The Bertz CT molecular complexity index is 675. The summed E-state index contributed by atoms with van der Waals surface area (Å²) >= 11 is 1.58. The second-order valence-corrected chi connectivity index (χ2v) is 6.86. The Morgan fingerprint density at radius 1 is 1.22 bits per heavy atom. The van der Waals surface area contributed by atoms with E-state index in [9.17, 15) is 13.6 Å². The van der Waals surface area contributed by atoms with Gasteiger partial charge in [-0.05, 0) is 36.8 Å². The largest absolute Gasteiger partial charge is 0.345 e. The predicted molar refractivity (Wildman–Crippen MR) is 87.2 cm³/mol. The number of carbonyl (C=O) groups excluding carboxylic acids is 1. The first kappa shape index (κ1) is 16.1. The number of hydrogen-bond acceptors (Lipinski definition) is 2. The minimum absolute atomic E-state index is 0.0576. The fourth-order valence-electron chi connectivity index (χ4n) is 2.76. The minimum Gasteiger partial charge on any atom is -0.345 e. The van der Waals surface area contributed by atoms with E-state index in [1.807, 2.05) is 34.0 Å². The van der Waals surface area contributed by atoms with E-state index >= 15 is 0 Å². The number of aromatic nitrogens is 1. The van der Waals surface area contributed by atoms with Crippen molar-refractivity contribution < 1.29 is 13.6 Å². The molecule has 1 aromatic carbocycles. The maximum Gasteiger partial charge on any atom is 0.242 e. The average molecular weight is 336 g/mol. The van der Waals surface area contributed by atoms with Crippen LogP contribution >= 0.6 is 11.8 Å². The van der Waals surface area contributed by atoms with Crippen molar-refractivity contribution in [3.63, 3.8) is 0 Å². The maximum absolute atomic E-state index is 13.9. The molecule has 1 amide bonds. The monoisotopic (exact) mass is 336 g/mol. The Morgan fingerprint density at radius 2 is 2.00 bits per heavy atom. The Hall–Kier alpha value is -1.82. The highest BCUT2D eigenvalue weighted by Crippen LogP contribution is 2.36. The van der Waals surface area contributed by atoms with Crippen molar-refractivity contribution in [3.8, 4) is 0 Å². The van der Waals surface area contributed by atoms with Gasteiger partial charge in [-0.25, -0.2) is 8.78 Å². The summed E-state index contributed by atoms with van der Waals surface area (Å²) in [6, 6.07) is 7.34. The van der Waals surface area contributed by atoms with Gasteiger partial charge in [0.25, 0.3) is 0 Å². The van der Waals surface area contributed by atoms with E-state index in [1.54, 1.807) is 11.8 Å². The third-order valence-electron chi connectivity index (χ3n) is 3.98. The molecule has 1 aliphatic rings. The van der Waals surface area contributed by atoms with Crippen LogP contribution in [-0.4, -0.2) is 34.2 Å². The van der Waals surface area contributed by atoms with Gasteiger partial charge in [-0.1, -0.05) is 0 Å². The molecule has 1 fully saturated rings. The number of carbonyl (C=O) groups is 1. The van der Waals surface area contributed by atoms with Crippen LogP contribution in [-0.2, 0) is 11.3 Å². The highest BCUT2D eigenvalue weighted by molar-refractivity contribution is 7.99. The van der Waals surface area contributed by atoms with Crippen LogP contribution in [0.1, 0.15) is 17.2 Å². The first-order valence-corrected chi connectivity index (χ1v) is 8.63. The number of nitrogens with zero attached hydrogens (tertiary/aromatic N) is 2. The van der Waals surface area contributed by atoms with E-state index in [-0.39, 0.29) is 17.0 Å². The third-order valence-corrected chi connectivity index (χ3v) is 5.29. The summed E-state index contributed by atoms with van der Waals surface area (Å²) < 4.78 is 29.1. The van der Waals surface area contributed by atoms with E-state index in [0.717, 1.165) is 11.8 Å². The molecule has 0 saturated carbocycles. The third kappa shape index (κ3) is 3.93. The molecular formula is C17H18F2N2OS. The van der Waals surface area contributed by atoms with Crippen molar-refractivity contribution in [2.24, 2.45) is 0 Å². The Balaban J connectivity index is 1.65. The fourth-order valence-corrected chi connectivity index (χ4v) is 4.00. The van der Waals surface area contributed by atoms with Crippen LogP contribution in [0, 0.1) is 11.6 Å². The average Bonchev–Trinajstić information content (AvgIpc) is 2.91. The van der Waals surface area contributed by atoms with Gasteiger partial charge in [-0.2, -0.15) is 11.8 Å². The zero-order valence-corrected chi connectivity index (χ0v) is 13.4. The molecular weight excluding hydrogens is 318 g/mol. The molecule has 1 unspecified atom stereocenters. The molecule has 0 aliphatic carbocycles. The standard InChI is InChI=1S/C17H18F2N2OS/c18-13-3-4-15(19)14(11-13)16-5-8-21(9-10-23-16)17(22)12-20-6-1-2-7-20/h1-4,6-7,11,16H,5,8-10,12H2. The molecule has 3 rings (SSSR count). The molecule has 122 valence electrons. The van der Waals surface area contributed by atoms with Crippen LogP contribution in [0.25, 0.3) is 0 Å². The van der Waals surface area contributed by atoms with Crippen molar-refractivity contribution in [2.45, 2.75) is 18.2 Å². The van der Waals surface area contributed by atoms with E-state index in [4.69, 9.17) is 0 Å². The quantitative estimate of drug-likeness (QED) is 0.857. The van der Waals surface area contributed by atoms with Gasteiger partial charge in [0.1, 0.15) is 18.2 Å². The Labute approximate surface area is 138 Å². The zero-order chi connectivity index (χ0) is 16.2. The molecule has 0 spiro atoms. The van der Waals surface area contributed by atoms with Crippen molar-refractivity contribution >= 4 is 17.7 Å². The van der Waals surface area contributed by atoms with Gasteiger partial charge in [0.2, 0.25) is 5.91 Å². The van der Waals surface area contributed by atoms with Crippen LogP contribution < -0.4 is 0 Å². The second kappa shape index (κ2) is 7.17. The Kier molecular flexibility index (Phi) is 5.00. The van der Waals surface area contributed by atoms with Gasteiger partial charge in [-0.3, -0.25) is 4.79 Å². The molecule has 1 aromatic heterocycles. The van der Waals surface area contributed by atoms with E-state index in [0.29, 0.717) is 31.6 Å². The highest BCUT2D eigenvalue weighted by atomic mass is 32.2. The van der Waals surface area contributed by atoms with Crippen LogP contribution in [0.15, 0.2) is 42.7 Å². The Morgan fingerprint density at radius 3 is 2.78 bits per heavy atom. The molecule has 3 nitrogen and oxygen atoms in total. The molecule has 23 heavy (non-hydrogen) atoms. The van der Waals surface area contributed by atoms with Crippen LogP contribution in [0.3, 0.4) is 0 Å². The van der Waals surface area contributed by atoms with Gasteiger partial charge in [0, 0.05) is 42.0 Å². The lowest BCUT2D eigenvalue weighted by Gasteiger charge is -2.20. The summed E-state index contributed by atoms with van der Waals surface area (Å²) in [6.07, 6.45) is 4.34. The molecule has 1 saturated heterocycles. The summed E-state index contributed by atoms with van der Waals surface area (Å²) in [5.74, 6) is -0.0251. The molecule has 2 heterocycles. The van der Waals surface area contributed by atoms with Gasteiger partial charge in [0.05, 0.1) is 0 Å². The summed E-state index contributed by atoms with van der Waals surface area (Å²) in [6.45, 7) is 1.52. The minimum atomic E-state index is -0.424. The fraction of sp³-hybridized carbons (Fsp3) is 0.353. The van der Waals surface area contributed by atoms with Crippen LogP contribution in [0.4, 0.5) is 8.78 Å². The van der Waals surface area contributed by atoms with Crippen molar-refractivity contribution in [2.75, 3.05) is 18.8 Å². The summed E-state index contributed by atoms with van der Waals surface area (Å²) in [5, 5.41) is -0.116. The topological polar surface area (TPSA) is 25.2 Å².